The van der Waals surface area contributed by atoms with Crippen LogP contribution in [0.3, 0.4) is 0 Å². The summed E-state index contributed by atoms with van der Waals surface area (Å²) in [7, 11) is 0. The molecule has 112 valence electrons. The number of hydrogen-bond acceptors (Lipinski definition) is 3. The third-order valence-electron chi connectivity index (χ3n) is 3.55. The van der Waals surface area contributed by atoms with Gasteiger partial charge in [-0.2, -0.15) is 5.10 Å². The monoisotopic (exact) mass is 286 g/mol. The van der Waals surface area contributed by atoms with Crippen LogP contribution in [0.1, 0.15) is 29.9 Å². The van der Waals surface area contributed by atoms with Crippen LogP contribution in [0.15, 0.2) is 36.5 Å². The van der Waals surface area contributed by atoms with Crippen LogP contribution in [0, 0.1) is 0 Å². The van der Waals surface area contributed by atoms with Crippen LogP contribution < -0.4 is 5.73 Å². The average molecular weight is 286 g/mol. The molecule has 2 aromatic rings. The lowest BCUT2D eigenvalue weighted by molar-refractivity contribution is 0.0755. The Labute approximate surface area is 125 Å². The second-order valence-corrected chi connectivity index (χ2v) is 4.88. The fourth-order valence-corrected chi connectivity index (χ4v) is 2.34. The normalized spacial score (nSPS) is 10.6. The molecule has 21 heavy (non-hydrogen) atoms. The highest BCUT2D eigenvalue weighted by molar-refractivity contribution is 5.97. The van der Waals surface area contributed by atoms with Crippen molar-refractivity contribution in [3.05, 3.63) is 47.8 Å². The number of nitrogens with two attached hydrogens (primary N) is 1. The molecule has 0 spiro atoms. The van der Waals surface area contributed by atoms with Crippen LogP contribution in [-0.4, -0.2) is 33.7 Å². The Balaban J connectivity index is 2.10. The van der Waals surface area contributed by atoms with Crippen molar-refractivity contribution in [2.24, 2.45) is 0 Å². The Kier molecular flexibility index (Phi) is 4.98. The molecule has 1 heterocycles. The van der Waals surface area contributed by atoms with E-state index in [9.17, 15) is 4.79 Å². The topological polar surface area (TPSA) is 64.2 Å². The summed E-state index contributed by atoms with van der Waals surface area (Å²) in [6, 6.07) is 10.2. The summed E-state index contributed by atoms with van der Waals surface area (Å²) in [5.74, 6) is -0.0507. The van der Waals surface area contributed by atoms with Crippen molar-refractivity contribution >= 4 is 11.6 Å². The molecule has 0 aliphatic carbocycles. The second-order valence-electron chi connectivity index (χ2n) is 4.88. The molecule has 2 N–H and O–H groups in total. The first-order valence-corrected chi connectivity index (χ1v) is 7.31. The fourth-order valence-electron chi connectivity index (χ4n) is 2.34. The Morgan fingerprint density at radius 1 is 1.29 bits per heavy atom. The molecule has 0 saturated carbocycles. The van der Waals surface area contributed by atoms with E-state index in [4.69, 9.17) is 5.73 Å². The lowest BCUT2D eigenvalue weighted by atomic mass is 10.1. The molecule has 0 aliphatic rings. The number of anilines is 1. The van der Waals surface area contributed by atoms with E-state index in [0.29, 0.717) is 31.0 Å². The maximum absolute atomic E-state index is 12.6. The Morgan fingerprint density at radius 3 is 2.62 bits per heavy atom. The second kappa shape index (κ2) is 6.92. The molecule has 0 aliphatic heterocycles. The number of benzene rings is 1. The average Bonchev–Trinajstić information content (AvgIpc) is 2.89. The molecule has 1 aromatic carbocycles. The van der Waals surface area contributed by atoms with E-state index in [0.717, 1.165) is 6.42 Å². The summed E-state index contributed by atoms with van der Waals surface area (Å²) in [6.07, 6.45) is 2.38. The predicted octanol–water partition coefficient (Wildman–Crippen LogP) is 2.19. The Hall–Kier alpha value is -2.30. The van der Waals surface area contributed by atoms with Crippen molar-refractivity contribution < 1.29 is 4.79 Å². The number of amides is 1. The van der Waals surface area contributed by atoms with Crippen LogP contribution in [0.5, 0.6) is 0 Å². The third-order valence-corrected chi connectivity index (χ3v) is 3.55. The Morgan fingerprint density at radius 2 is 2.00 bits per heavy atom. The summed E-state index contributed by atoms with van der Waals surface area (Å²) in [5, 5.41) is 4.13. The number of aromatic nitrogens is 2. The molecule has 0 atom stereocenters. The highest BCUT2D eigenvalue weighted by atomic mass is 16.2. The zero-order valence-corrected chi connectivity index (χ0v) is 12.6. The number of nitrogens with zero attached hydrogens (tertiary/aromatic N) is 3. The molecule has 0 bridgehead atoms. The zero-order chi connectivity index (χ0) is 15.2. The molecule has 0 fully saturated rings. The minimum atomic E-state index is -0.0507. The smallest absolute Gasteiger partial charge is 0.274 e. The highest BCUT2D eigenvalue weighted by Crippen LogP contribution is 2.14. The number of nitrogen functional groups attached to an aromatic ring is 1. The first-order valence-electron chi connectivity index (χ1n) is 7.31. The SMILES string of the molecule is CCN(CCc1ccccc1)C(=O)c1c(N)cnn1CC. The van der Waals surface area contributed by atoms with Gasteiger partial charge in [-0.3, -0.25) is 9.48 Å². The van der Waals surface area contributed by atoms with Crippen molar-refractivity contribution in [1.29, 1.82) is 0 Å². The van der Waals surface area contributed by atoms with Crippen LogP contribution in [-0.2, 0) is 13.0 Å². The molecule has 0 unspecified atom stereocenters. The summed E-state index contributed by atoms with van der Waals surface area (Å²) in [5.41, 5.74) is 8.05. The van der Waals surface area contributed by atoms with Gasteiger partial charge in [0.2, 0.25) is 0 Å². The van der Waals surface area contributed by atoms with Crippen LogP contribution >= 0.6 is 0 Å². The van der Waals surface area contributed by atoms with Gasteiger partial charge < -0.3 is 10.6 Å². The summed E-state index contributed by atoms with van der Waals surface area (Å²) >= 11 is 0. The minimum absolute atomic E-state index is 0.0507. The fraction of sp³-hybridized carbons (Fsp3) is 0.375. The van der Waals surface area contributed by atoms with E-state index in [1.807, 2.05) is 36.9 Å². The first-order chi connectivity index (χ1) is 10.2. The van der Waals surface area contributed by atoms with Crippen molar-refractivity contribution in [1.82, 2.24) is 14.7 Å². The van der Waals surface area contributed by atoms with Gasteiger partial charge in [0.05, 0.1) is 11.9 Å². The number of rotatable bonds is 6. The molecule has 5 nitrogen and oxygen atoms in total. The standard InChI is InChI=1S/C16H22N4O/c1-3-19(11-10-13-8-6-5-7-9-13)16(21)15-14(17)12-18-20(15)4-2/h5-9,12H,3-4,10-11,17H2,1-2H3. The van der Waals surface area contributed by atoms with Crippen molar-refractivity contribution in [2.75, 3.05) is 18.8 Å². The number of likely N-dealkylation sites (N-methyl/N-ethyl adjacent to an activating group) is 1. The van der Waals surface area contributed by atoms with Gasteiger partial charge in [-0.05, 0) is 25.8 Å². The van der Waals surface area contributed by atoms with Crippen LogP contribution in [0.4, 0.5) is 5.69 Å². The Bertz CT molecular complexity index is 592. The zero-order valence-electron chi connectivity index (χ0n) is 12.6. The highest BCUT2D eigenvalue weighted by Gasteiger charge is 2.21. The van der Waals surface area contributed by atoms with Crippen molar-refractivity contribution in [3.63, 3.8) is 0 Å². The maximum Gasteiger partial charge on any atom is 0.274 e. The molecule has 0 radical (unpaired) electrons. The van der Waals surface area contributed by atoms with Gasteiger partial charge in [-0.1, -0.05) is 30.3 Å². The molecular weight excluding hydrogens is 264 g/mol. The maximum atomic E-state index is 12.6. The van der Waals surface area contributed by atoms with Crippen molar-refractivity contribution in [3.8, 4) is 0 Å². The number of carbonyl (C=O) groups excluding carboxylic acids is 1. The van der Waals surface area contributed by atoms with Gasteiger partial charge in [0.25, 0.3) is 5.91 Å². The summed E-state index contributed by atoms with van der Waals surface area (Å²) < 4.78 is 1.66. The van der Waals surface area contributed by atoms with E-state index < -0.39 is 0 Å². The van der Waals surface area contributed by atoms with Gasteiger partial charge in [0, 0.05) is 19.6 Å². The van der Waals surface area contributed by atoms with Gasteiger partial charge in [-0.25, -0.2) is 0 Å². The minimum Gasteiger partial charge on any atom is -0.396 e. The summed E-state index contributed by atoms with van der Waals surface area (Å²) in [4.78, 5) is 14.5. The number of aryl methyl sites for hydroxylation is 1. The van der Waals surface area contributed by atoms with Crippen LogP contribution in [0.25, 0.3) is 0 Å². The van der Waals surface area contributed by atoms with Gasteiger partial charge in [-0.15, -0.1) is 0 Å². The van der Waals surface area contributed by atoms with Crippen molar-refractivity contribution in [2.45, 2.75) is 26.8 Å². The molecule has 1 aromatic heterocycles. The van der Waals surface area contributed by atoms with E-state index in [2.05, 4.69) is 17.2 Å². The molecular formula is C16H22N4O. The molecule has 2 rings (SSSR count). The van der Waals surface area contributed by atoms with E-state index in [1.165, 1.54) is 5.56 Å². The molecule has 5 heteroatoms. The quantitative estimate of drug-likeness (QED) is 0.885. The largest absolute Gasteiger partial charge is 0.396 e. The summed E-state index contributed by atoms with van der Waals surface area (Å²) in [6.45, 7) is 5.89. The molecule has 1 amide bonds. The van der Waals surface area contributed by atoms with E-state index in [1.54, 1.807) is 10.9 Å². The van der Waals surface area contributed by atoms with Gasteiger partial charge in [0.1, 0.15) is 5.69 Å². The molecule has 0 saturated heterocycles. The van der Waals surface area contributed by atoms with Gasteiger partial charge >= 0.3 is 0 Å². The number of carbonyl (C=O) groups is 1. The number of hydrogen-bond donors (Lipinski definition) is 1. The van der Waals surface area contributed by atoms with Crippen LogP contribution in [0.2, 0.25) is 0 Å². The lowest BCUT2D eigenvalue weighted by Crippen LogP contribution is -2.34. The first kappa shape index (κ1) is 15.1. The van der Waals surface area contributed by atoms with Gasteiger partial charge in [0.15, 0.2) is 0 Å². The van der Waals surface area contributed by atoms with E-state index >= 15 is 0 Å². The predicted molar refractivity (Wildman–Crippen MR) is 84.0 cm³/mol. The van der Waals surface area contributed by atoms with E-state index in [-0.39, 0.29) is 5.91 Å². The lowest BCUT2D eigenvalue weighted by Gasteiger charge is -2.21. The third kappa shape index (κ3) is 3.42.